The fourth-order valence-corrected chi connectivity index (χ4v) is 3.09. The van der Waals surface area contributed by atoms with Crippen LogP contribution in [0.4, 0.5) is 18.9 Å². The van der Waals surface area contributed by atoms with Crippen molar-refractivity contribution < 1.29 is 18.0 Å². The zero-order valence-corrected chi connectivity index (χ0v) is 16.4. The molecule has 1 amide bonds. The summed E-state index contributed by atoms with van der Waals surface area (Å²) in [6.45, 7) is 6.08. The van der Waals surface area contributed by atoms with Gasteiger partial charge in [-0.05, 0) is 44.5 Å². The Morgan fingerprint density at radius 2 is 1.90 bits per heavy atom. The molecule has 0 saturated carbocycles. The average molecular weight is 405 g/mol. The third kappa shape index (κ3) is 4.85. The monoisotopic (exact) mass is 405 g/mol. The van der Waals surface area contributed by atoms with Crippen LogP contribution in [0.5, 0.6) is 0 Å². The first-order chi connectivity index (χ1) is 13.6. The normalized spacial score (nSPS) is 11.7. The molecule has 154 valence electrons. The van der Waals surface area contributed by atoms with Crippen LogP contribution in [-0.2, 0) is 24.1 Å². The number of carbonyl (C=O) groups is 1. The van der Waals surface area contributed by atoms with E-state index in [1.807, 2.05) is 13.0 Å². The molecule has 29 heavy (non-hydrogen) atoms. The molecule has 0 atom stereocenters. The van der Waals surface area contributed by atoms with Crippen molar-refractivity contribution in [3.05, 3.63) is 64.7 Å². The van der Waals surface area contributed by atoms with Gasteiger partial charge in [-0.1, -0.05) is 12.1 Å². The average Bonchev–Trinajstić information content (AvgIpc) is 3.17. The molecule has 0 spiro atoms. The Morgan fingerprint density at radius 1 is 1.14 bits per heavy atom. The summed E-state index contributed by atoms with van der Waals surface area (Å²) in [5.74, 6) is -0.176. The summed E-state index contributed by atoms with van der Waals surface area (Å²) in [5.41, 5.74) is 2.64. The summed E-state index contributed by atoms with van der Waals surface area (Å²) >= 11 is 0. The van der Waals surface area contributed by atoms with E-state index < -0.39 is 11.7 Å². The van der Waals surface area contributed by atoms with Crippen LogP contribution < -0.4 is 5.32 Å². The number of alkyl halides is 3. The van der Waals surface area contributed by atoms with Crippen molar-refractivity contribution in [3.8, 4) is 0 Å². The van der Waals surface area contributed by atoms with Crippen molar-refractivity contribution in [1.29, 1.82) is 0 Å². The molecule has 0 aliphatic rings. The number of halogens is 3. The molecular weight excluding hydrogens is 383 g/mol. The number of amides is 1. The molecule has 0 unspecified atom stereocenters. The molecule has 6 nitrogen and oxygen atoms in total. The van der Waals surface area contributed by atoms with Gasteiger partial charge >= 0.3 is 6.18 Å². The van der Waals surface area contributed by atoms with Gasteiger partial charge < -0.3 is 5.32 Å². The Balaban J connectivity index is 1.70. The van der Waals surface area contributed by atoms with Gasteiger partial charge in [0.2, 0.25) is 5.91 Å². The standard InChI is InChI=1S/C20H22F3N5O/c1-13-7-9-24-27(13)10-8-18(29)25-19-14(2)26-28(15(19)3)12-16-5-4-6-17(11-16)20(21,22)23/h4-7,9,11H,8,10,12H2,1-3H3,(H,25,29). The Bertz CT molecular complexity index is 1020. The third-order valence-corrected chi connectivity index (χ3v) is 4.71. The Labute approximate surface area is 166 Å². The Kier molecular flexibility index (Phi) is 5.76. The van der Waals surface area contributed by atoms with E-state index in [4.69, 9.17) is 0 Å². The minimum Gasteiger partial charge on any atom is -0.323 e. The highest BCUT2D eigenvalue weighted by Gasteiger charge is 2.30. The highest BCUT2D eigenvalue weighted by molar-refractivity contribution is 5.91. The van der Waals surface area contributed by atoms with Crippen LogP contribution in [0.1, 0.15) is 34.6 Å². The third-order valence-electron chi connectivity index (χ3n) is 4.71. The van der Waals surface area contributed by atoms with E-state index in [9.17, 15) is 18.0 Å². The highest BCUT2D eigenvalue weighted by atomic mass is 19.4. The van der Waals surface area contributed by atoms with E-state index in [0.717, 1.165) is 17.8 Å². The molecule has 0 bridgehead atoms. The lowest BCUT2D eigenvalue weighted by molar-refractivity contribution is -0.137. The number of anilines is 1. The number of rotatable bonds is 6. The van der Waals surface area contributed by atoms with Crippen molar-refractivity contribution in [2.75, 3.05) is 5.32 Å². The van der Waals surface area contributed by atoms with Gasteiger partial charge in [0.15, 0.2) is 0 Å². The Morgan fingerprint density at radius 3 is 2.55 bits per heavy atom. The summed E-state index contributed by atoms with van der Waals surface area (Å²) in [6, 6.07) is 7.02. The molecular formula is C20H22F3N5O. The Hall–Kier alpha value is -3.10. The summed E-state index contributed by atoms with van der Waals surface area (Å²) in [7, 11) is 0. The number of hydrogen-bond donors (Lipinski definition) is 1. The maximum Gasteiger partial charge on any atom is 0.416 e. The maximum atomic E-state index is 12.9. The van der Waals surface area contributed by atoms with E-state index in [-0.39, 0.29) is 18.9 Å². The molecule has 0 fully saturated rings. The van der Waals surface area contributed by atoms with Gasteiger partial charge in [-0.15, -0.1) is 0 Å². The summed E-state index contributed by atoms with van der Waals surface area (Å²) < 4.78 is 42.1. The number of aryl methyl sites for hydroxylation is 3. The van der Waals surface area contributed by atoms with Crippen molar-refractivity contribution >= 4 is 11.6 Å². The molecule has 1 aromatic carbocycles. The molecule has 0 radical (unpaired) electrons. The van der Waals surface area contributed by atoms with Crippen molar-refractivity contribution in [3.63, 3.8) is 0 Å². The summed E-state index contributed by atoms with van der Waals surface area (Å²) in [6.07, 6.45) is -2.46. The van der Waals surface area contributed by atoms with Crippen LogP contribution in [-0.4, -0.2) is 25.5 Å². The number of hydrogen-bond acceptors (Lipinski definition) is 3. The lowest BCUT2D eigenvalue weighted by Crippen LogP contribution is -2.16. The first kappa shape index (κ1) is 20.6. The lowest BCUT2D eigenvalue weighted by atomic mass is 10.1. The second-order valence-corrected chi connectivity index (χ2v) is 6.90. The second-order valence-electron chi connectivity index (χ2n) is 6.90. The van der Waals surface area contributed by atoms with E-state index in [1.54, 1.807) is 35.5 Å². The molecule has 3 rings (SSSR count). The van der Waals surface area contributed by atoms with E-state index in [2.05, 4.69) is 15.5 Å². The van der Waals surface area contributed by atoms with Crippen LogP contribution in [0.15, 0.2) is 36.5 Å². The van der Waals surface area contributed by atoms with Gasteiger partial charge in [-0.25, -0.2) is 0 Å². The quantitative estimate of drug-likeness (QED) is 0.672. The smallest absolute Gasteiger partial charge is 0.323 e. The van der Waals surface area contributed by atoms with E-state index >= 15 is 0 Å². The molecule has 0 aliphatic carbocycles. The van der Waals surface area contributed by atoms with Crippen LogP contribution in [0.3, 0.4) is 0 Å². The van der Waals surface area contributed by atoms with Crippen LogP contribution in [0, 0.1) is 20.8 Å². The largest absolute Gasteiger partial charge is 0.416 e. The topological polar surface area (TPSA) is 64.7 Å². The first-order valence-corrected chi connectivity index (χ1v) is 9.13. The number of benzene rings is 1. The minimum atomic E-state index is -4.39. The van der Waals surface area contributed by atoms with Gasteiger partial charge in [-0.2, -0.15) is 23.4 Å². The van der Waals surface area contributed by atoms with Gasteiger partial charge in [0.25, 0.3) is 0 Å². The fraction of sp³-hybridized carbons (Fsp3) is 0.350. The predicted octanol–water partition coefficient (Wildman–Crippen LogP) is 4.10. The van der Waals surface area contributed by atoms with Crippen molar-refractivity contribution in [1.82, 2.24) is 19.6 Å². The predicted molar refractivity (Wildman–Crippen MR) is 102 cm³/mol. The molecule has 1 N–H and O–H groups in total. The van der Waals surface area contributed by atoms with E-state index in [0.29, 0.717) is 29.2 Å². The zero-order chi connectivity index (χ0) is 21.2. The SMILES string of the molecule is Cc1nn(Cc2cccc(C(F)(F)F)c2)c(C)c1NC(=O)CCn1nccc1C. The van der Waals surface area contributed by atoms with Crippen LogP contribution in [0.25, 0.3) is 0 Å². The van der Waals surface area contributed by atoms with Gasteiger partial charge in [-0.3, -0.25) is 14.2 Å². The van der Waals surface area contributed by atoms with Gasteiger partial charge in [0.1, 0.15) is 0 Å². The number of nitrogens with zero attached hydrogens (tertiary/aromatic N) is 4. The first-order valence-electron chi connectivity index (χ1n) is 9.13. The molecule has 9 heteroatoms. The highest BCUT2D eigenvalue weighted by Crippen LogP contribution is 2.30. The van der Waals surface area contributed by atoms with Crippen LogP contribution >= 0.6 is 0 Å². The summed E-state index contributed by atoms with van der Waals surface area (Å²) in [5, 5.41) is 11.4. The van der Waals surface area contributed by atoms with Gasteiger partial charge in [0, 0.05) is 24.9 Å². The summed E-state index contributed by atoms with van der Waals surface area (Å²) in [4.78, 5) is 12.3. The van der Waals surface area contributed by atoms with E-state index in [1.165, 1.54) is 6.07 Å². The molecule has 0 aliphatic heterocycles. The minimum absolute atomic E-state index is 0.176. The molecule has 2 heterocycles. The van der Waals surface area contributed by atoms with Crippen molar-refractivity contribution in [2.45, 2.75) is 46.5 Å². The van der Waals surface area contributed by atoms with Crippen LogP contribution in [0.2, 0.25) is 0 Å². The number of carbonyl (C=O) groups excluding carboxylic acids is 1. The molecule has 0 saturated heterocycles. The second kappa shape index (κ2) is 8.10. The lowest BCUT2D eigenvalue weighted by Gasteiger charge is -2.10. The van der Waals surface area contributed by atoms with Gasteiger partial charge in [0.05, 0.1) is 29.2 Å². The fourth-order valence-electron chi connectivity index (χ4n) is 3.09. The number of aromatic nitrogens is 4. The zero-order valence-electron chi connectivity index (χ0n) is 16.4. The molecule has 3 aromatic rings. The van der Waals surface area contributed by atoms with Crippen molar-refractivity contribution in [2.24, 2.45) is 0 Å². The maximum absolute atomic E-state index is 12.9. The number of nitrogens with one attached hydrogen (secondary N) is 1. The molecule has 2 aromatic heterocycles.